The molecule has 0 aliphatic rings. The summed E-state index contributed by atoms with van der Waals surface area (Å²) in [6.07, 6.45) is 0.914. The number of carbonyl (C=O) groups is 1. The fourth-order valence-corrected chi connectivity index (χ4v) is 3.31. The molecule has 1 aromatic rings. The molecule has 136 valence electrons. The van der Waals surface area contributed by atoms with Crippen LogP contribution in [-0.2, 0) is 26.0 Å². The number of rotatable bonds is 10. The molecule has 1 atom stereocenters. The van der Waals surface area contributed by atoms with Crippen LogP contribution in [0, 0.1) is 5.92 Å². The monoisotopic (exact) mass is 356 g/mol. The van der Waals surface area contributed by atoms with Crippen LogP contribution in [0.15, 0.2) is 29.2 Å². The fraction of sp³-hybridized carbons (Fsp3) is 0.588. The van der Waals surface area contributed by atoms with Gasteiger partial charge >= 0.3 is 0 Å². The van der Waals surface area contributed by atoms with Crippen LogP contribution in [0.2, 0.25) is 0 Å². The molecule has 0 heterocycles. The maximum absolute atomic E-state index is 12.1. The summed E-state index contributed by atoms with van der Waals surface area (Å²) >= 11 is 0. The summed E-state index contributed by atoms with van der Waals surface area (Å²) in [5.41, 5.74) is 0.923. The second-order valence-corrected chi connectivity index (χ2v) is 8.08. The summed E-state index contributed by atoms with van der Waals surface area (Å²) in [6, 6.07) is 6.61. The number of carbonyl (C=O) groups excluding carboxylic acids is 1. The molecule has 0 aromatic heterocycles. The van der Waals surface area contributed by atoms with Crippen molar-refractivity contribution in [3.63, 3.8) is 0 Å². The Kier molecular flexibility index (Phi) is 8.38. The maximum atomic E-state index is 12.1. The van der Waals surface area contributed by atoms with Crippen molar-refractivity contribution in [1.82, 2.24) is 10.0 Å². The van der Waals surface area contributed by atoms with Crippen molar-refractivity contribution in [2.45, 2.75) is 44.6 Å². The highest BCUT2D eigenvalue weighted by atomic mass is 32.2. The predicted octanol–water partition coefficient (Wildman–Crippen LogP) is 1.70. The first-order chi connectivity index (χ1) is 11.2. The van der Waals surface area contributed by atoms with Crippen molar-refractivity contribution >= 4 is 15.9 Å². The molecule has 0 unspecified atom stereocenters. The van der Waals surface area contributed by atoms with Crippen LogP contribution in [0.4, 0.5) is 0 Å². The van der Waals surface area contributed by atoms with Gasteiger partial charge in [0.05, 0.1) is 11.5 Å². The molecule has 0 saturated carbocycles. The number of ether oxygens (including phenoxy) is 1. The molecule has 0 bridgehead atoms. The smallest absolute Gasteiger partial charge is 0.240 e. The molecule has 2 N–H and O–H groups in total. The third-order valence-corrected chi connectivity index (χ3v) is 4.82. The Hall–Kier alpha value is -1.44. The highest BCUT2D eigenvalue weighted by Crippen LogP contribution is 2.12. The van der Waals surface area contributed by atoms with Crippen LogP contribution in [0.25, 0.3) is 0 Å². The molecule has 0 radical (unpaired) electrons. The molecule has 0 spiro atoms. The normalized spacial score (nSPS) is 13.0. The van der Waals surface area contributed by atoms with Crippen molar-refractivity contribution in [1.29, 1.82) is 0 Å². The van der Waals surface area contributed by atoms with E-state index in [1.54, 1.807) is 31.4 Å². The number of aryl methyl sites for hydroxylation is 1. The number of benzene rings is 1. The van der Waals surface area contributed by atoms with Gasteiger partial charge in [-0.2, -0.15) is 0 Å². The van der Waals surface area contributed by atoms with Gasteiger partial charge < -0.3 is 10.1 Å². The Morgan fingerprint density at radius 1 is 1.17 bits per heavy atom. The van der Waals surface area contributed by atoms with E-state index >= 15 is 0 Å². The van der Waals surface area contributed by atoms with E-state index < -0.39 is 10.0 Å². The van der Waals surface area contributed by atoms with Crippen LogP contribution in [0.3, 0.4) is 0 Å². The van der Waals surface area contributed by atoms with Crippen molar-refractivity contribution in [2.75, 3.05) is 20.3 Å². The zero-order valence-electron chi connectivity index (χ0n) is 14.8. The van der Waals surface area contributed by atoms with Crippen LogP contribution in [0.1, 0.15) is 32.8 Å². The minimum Gasteiger partial charge on any atom is -0.383 e. The second-order valence-electron chi connectivity index (χ2n) is 6.31. The van der Waals surface area contributed by atoms with Gasteiger partial charge in [-0.15, -0.1) is 0 Å². The van der Waals surface area contributed by atoms with Crippen LogP contribution in [0.5, 0.6) is 0 Å². The Morgan fingerprint density at radius 2 is 1.79 bits per heavy atom. The van der Waals surface area contributed by atoms with E-state index in [9.17, 15) is 13.2 Å². The van der Waals surface area contributed by atoms with Crippen LogP contribution >= 0.6 is 0 Å². The molecule has 0 aliphatic carbocycles. The molecule has 6 nitrogen and oxygen atoms in total. The van der Waals surface area contributed by atoms with Crippen molar-refractivity contribution in [3.05, 3.63) is 29.8 Å². The van der Waals surface area contributed by atoms with Gasteiger partial charge in [-0.3, -0.25) is 4.79 Å². The van der Waals surface area contributed by atoms with Crippen LogP contribution < -0.4 is 10.0 Å². The Balaban J connectivity index is 2.54. The average Bonchev–Trinajstić information content (AvgIpc) is 2.52. The second kappa shape index (κ2) is 9.76. The van der Waals surface area contributed by atoms with Crippen molar-refractivity contribution in [2.24, 2.45) is 5.92 Å². The molecule has 24 heavy (non-hydrogen) atoms. The van der Waals surface area contributed by atoms with E-state index in [1.165, 1.54) is 0 Å². The first kappa shape index (κ1) is 20.6. The highest BCUT2D eigenvalue weighted by molar-refractivity contribution is 7.89. The lowest BCUT2D eigenvalue weighted by Crippen LogP contribution is -2.35. The van der Waals surface area contributed by atoms with Crippen molar-refractivity contribution in [3.8, 4) is 0 Å². The molecule has 0 fully saturated rings. The third-order valence-electron chi connectivity index (χ3n) is 3.38. The zero-order chi connectivity index (χ0) is 18.2. The molecule has 0 aliphatic heterocycles. The fourth-order valence-electron chi connectivity index (χ4n) is 2.09. The predicted molar refractivity (Wildman–Crippen MR) is 94.3 cm³/mol. The quantitative estimate of drug-likeness (QED) is 0.668. The molecule has 1 aromatic carbocycles. The summed E-state index contributed by atoms with van der Waals surface area (Å²) in [6.45, 7) is 6.66. The summed E-state index contributed by atoms with van der Waals surface area (Å²) < 4.78 is 31.8. The number of hydrogen-bond donors (Lipinski definition) is 2. The van der Waals surface area contributed by atoms with Gasteiger partial charge in [0.25, 0.3) is 0 Å². The van der Waals surface area contributed by atoms with Gasteiger partial charge in [-0.05, 0) is 37.0 Å². The number of hydrogen-bond acceptors (Lipinski definition) is 4. The lowest BCUT2D eigenvalue weighted by molar-refractivity contribution is -0.122. The van der Waals surface area contributed by atoms with Gasteiger partial charge in [0.1, 0.15) is 0 Å². The van der Waals surface area contributed by atoms with E-state index in [-0.39, 0.29) is 22.8 Å². The Morgan fingerprint density at radius 3 is 2.33 bits per heavy atom. The molecule has 7 heteroatoms. The van der Waals surface area contributed by atoms with E-state index in [1.807, 2.05) is 20.8 Å². The molecule has 1 rings (SSSR count). The molecular formula is C17H28N2O4S. The third kappa shape index (κ3) is 7.42. The van der Waals surface area contributed by atoms with Crippen molar-refractivity contribution < 1.29 is 17.9 Å². The summed E-state index contributed by atoms with van der Waals surface area (Å²) in [7, 11) is -1.88. The first-order valence-electron chi connectivity index (χ1n) is 8.11. The zero-order valence-corrected chi connectivity index (χ0v) is 15.7. The summed E-state index contributed by atoms with van der Waals surface area (Å²) in [5.74, 6) is 0.202. The summed E-state index contributed by atoms with van der Waals surface area (Å²) in [5, 5.41) is 2.84. The number of sulfonamides is 1. The number of amides is 1. The van der Waals surface area contributed by atoms with Gasteiger partial charge in [-0.1, -0.05) is 26.0 Å². The molecular weight excluding hydrogens is 328 g/mol. The van der Waals surface area contributed by atoms with Gasteiger partial charge in [0.2, 0.25) is 15.9 Å². The highest BCUT2D eigenvalue weighted by Gasteiger charge is 2.14. The van der Waals surface area contributed by atoms with E-state index in [0.29, 0.717) is 26.0 Å². The lowest BCUT2D eigenvalue weighted by atomic mass is 10.1. The standard InChI is InChI=1S/C17H28N2O4S/c1-13(2)11-18-24(21,22)16-8-5-15(6-9-16)7-10-17(20)19-14(3)12-23-4/h5-6,8-9,13-14,18H,7,10-12H2,1-4H3,(H,19,20)/t14-/m0/s1. The topological polar surface area (TPSA) is 84.5 Å². The Labute approximate surface area is 145 Å². The number of nitrogens with one attached hydrogen (secondary N) is 2. The van der Waals surface area contributed by atoms with Crippen LogP contribution in [-0.4, -0.2) is 40.6 Å². The summed E-state index contributed by atoms with van der Waals surface area (Å²) in [4.78, 5) is 12.0. The minimum absolute atomic E-state index is 0.0259. The largest absolute Gasteiger partial charge is 0.383 e. The van der Waals surface area contributed by atoms with Gasteiger partial charge in [-0.25, -0.2) is 13.1 Å². The van der Waals surface area contributed by atoms with E-state index in [2.05, 4.69) is 10.0 Å². The maximum Gasteiger partial charge on any atom is 0.240 e. The molecule has 1 amide bonds. The minimum atomic E-state index is -3.47. The van der Waals surface area contributed by atoms with E-state index in [4.69, 9.17) is 4.74 Å². The first-order valence-corrected chi connectivity index (χ1v) is 9.60. The Bertz CT molecular complexity index is 612. The number of methoxy groups -OCH3 is 1. The molecule has 0 saturated heterocycles. The lowest BCUT2D eigenvalue weighted by Gasteiger charge is -2.12. The van der Waals surface area contributed by atoms with Gasteiger partial charge in [0.15, 0.2) is 0 Å². The average molecular weight is 356 g/mol. The van der Waals surface area contributed by atoms with E-state index in [0.717, 1.165) is 5.56 Å². The SMILES string of the molecule is COC[C@H](C)NC(=O)CCc1ccc(S(=O)(=O)NCC(C)C)cc1. The van der Waals surface area contributed by atoms with Gasteiger partial charge in [0, 0.05) is 26.1 Å².